The van der Waals surface area contributed by atoms with E-state index in [2.05, 4.69) is 10.6 Å². The first-order valence-electron chi connectivity index (χ1n) is 7.45. The molecule has 0 radical (unpaired) electrons. The third-order valence-electron chi connectivity index (χ3n) is 3.51. The van der Waals surface area contributed by atoms with Crippen molar-refractivity contribution < 1.29 is 14.3 Å². The molecule has 0 aliphatic rings. The van der Waals surface area contributed by atoms with Crippen molar-refractivity contribution in [3.8, 4) is 11.5 Å². The predicted molar refractivity (Wildman–Crippen MR) is 91.5 cm³/mol. The molecule has 0 aliphatic heterocycles. The van der Waals surface area contributed by atoms with Crippen LogP contribution in [0.2, 0.25) is 0 Å². The van der Waals surface area contributed by atoms with Crippen molar-refractivity contribution in [1.29, 1.82) is 0 Å². The van der Waals surface area contributed by atoms with Gasteiger partial charge in [0.1, 0.15) is 11.5 Å². The maximum Gasteiger partial charge on any atom is 0.319 e. The molecule has 2 amide bonds. The van der Waals surface area contributed by atoms with Crippen LogP contribution in [-0.4, -0.2) is 26.8 Å². The van der Waals surface area contributed by atoms with Crippen LogP contribution in [0.3, 0.4) is 0 Å². The van der Waals surface area contributed by atoms with Gasteiger partial charge in [0.15, 0.2) is 0 Å². The zero-order chi connectivity index (χ0) is 16.7. The van der Waals surface area contributed by atoms with Crippen LogP contribution in [0.15, 0.2) is 42.5 Å². The number of aryl methyl sites for hydroxylation is 1. The number of urea groups is 1. The van der Waals surface area contributed by atoms with Crippen molar-refractivity contribution in [2.75, 3.05) is 26.1 Å². The van der Waals surface area contributed by atoms with Gasteiger partial charge in [-0.25, -0.2) is 4.79 Å². The molecular formula is C18H22N2O3. The number of benzene rings is 2. The highest BCUT2D eigenvalue weighted by Crippen LogP contribution is 2.21. The highest BCUT2D eigenvalue weighted by atomic mass is 16.5. The van der Waals surface area contributed by atoms with Crippen LogP contribution >= 0.6 is 0 Å². The molecule has 0 atom stereocenters. The van der Waals surface area contributed by atoms with Gasteiger partial charge in [0.2, 0.25) is 0 Å². The lowest BCUT2D eigenvalue weighted by Crippen LogP contribution is -2.30. The molecule has 5 nitrogen and oxygen atoms in total. The van der Waals surface area contributed by atoms with E-state index in [1.807, 2.05) is 49.4 Å². The average molecular weight is 314 g/mol. The summed E-state index contributed by atoms with van der Waals surface area (Å²) in [5.74, 6) is 1.63. The van der Waals surface area contributed by atoms with Crippen LogP contribution < -0.4 is 20.1 Å². The molecule has 2 aromatic rings. The maximum absolute atomic E-state index is 11.9. The Labute approximate surface area is 136 Å². The van der Waals surface area contributed by atoms with E-state index in [0.29, 0.717) is 6.54 Å². The summed E-state index contributed by atoms with van der Waals surface area (Å²) in [7, 11) is 3.27. The Morgan fingerprint density at radius 2 is 1.78 bits per heavy atom. The molecule has 2 N–H and O–H groups in total. The van der Waals surface area contributed by atoms with E-state index in [1.54, 1.807) is 14.2 Å². The Morgan fingerprint density at radius 1 is 1.04 bits per heavy atom. The van der Waals surface area contributed by atoms with Gasteiger partial charge in [0.05, 0.1) is 14.2 Å². The monoisotopic (exact) mass is 314 g/mol. The molecule has 0 saturated heterocycles. The van der Waals surface area contributed by atoms with Crippen molar-refractivity contribution in [3.05, 3.63) is 53.6 Å². The summed E-state index contributed by atoms with van der Waals surface area (Å²) in [6, 6.07) is 13.1. The van der Waals surface area contributed by atoms with Gasteiger partial charge in [0, 0.05) is 12.2 Å². The summed E-state index contributed by atoms with van der Waals surface area (Å²) in [6.07, 6.45) is 0.763. The van der Waals surface area contributed by atoms with E-state index in [4.69, 9.17) is 9.47 Å². The van der Waals surface area contributed by atoms with Crippen molar-refractivity contribution in [2.45, 2.75) is 13.3 Å². The fraction of sp³-hybridized carbons (Fsp3) is 0.278. The molecule has 0 aliphatic carbocycles. The first-order valence-corrected chi connectivity index (χ1v) is 7.45. The molecule has 0 spiro atoms. The number of rotatable bonds is 6. The van der Waals surface area contributed by atoms with E-state index in [0.717, 1.165) is 34.7 Å². The van der Waals surface area contributed by atoms with E-state index < -0.39 is 0 Å². The zero-order valence-electron chi connectivity index (χ0n) is 13.7. The van der Waals surface area contributed by atoms with Gasteiger partial charge < -0.3 is 20.1 Å². The van der Waals surface area contributed by atoms with Gasteiger partial charge in [-0.1, -0.05) is 12.1 Å². The molecule has 0 bridgehead atoms. The third kappa shape index (κ3) is 4.92. The number of anilines is 1. The molecule has 2 rings (SSSR count). The standard InChI is InChI=1S/C18H22N2O3/c1-13-12-15(6-9-17(13)23-3)20-18(21)19-11-10-14-4-7-16(22-2)8-5-14/h4-9,12H,10-11H2,1-3H3,(H2,19,20,21). The van der Waals surface area contributed by atoms with E-state index in [-0.39, 0.29) is 6.03 Å². The SMILES string of the molecule is COc1ccc(CCNC(=O)Nc2ccc(OC)c(C)c2)cc1. The van der Waals surface area contributed by atoms with Crippen LogP contribution in [0.25, 0.3) is 0 Å². The number of nitrogens with one attached hydrogen (secondary N) is 2. The second kappa shape index (κ2) is 8.08. The Bertz CT molecular complexity index is 654. The zero-order valence-corrected chi connectivity index (χ0v) is 13.7. The number of hydrogen-bond donors (Lipinski definition) is 2. The Balaban J connectivity index is 1.79. The van der Waals surface area contributed by atoms with Crippen molar-refractivity contribution >= 4 is 11.7 Å². The Morgan fingerprint density at radius 3 is 2.39 bits per heavy atom. The number of carbonyl (C=O) groups excluding carboxylic acids is 1. The highest BCUT2D eigenvalue weighted by molar-refractivity contribution is 5.89. The highest BCUT2D eigenvalue weighted by Gasteiger charge is 2.04. The lowest BCUT2D eigenvalue weighted by atomic mass is 10.1. The fourth-order valence-corrected chi connectivity index (χ4v) is 2.24. The minimum atomic E-state index is -0.219. The summed E-state index contributed by atoms with van der Waals surface area (Å²) >= 11 is 0. The number of carbonyl (C=O) groups is 1. The maximum atomic E-state index is 11.9. The quantitative estimate of drug-likeness (QED) is 0.859. The van der Waals surface area contributed by atoms with Crippen LogP contribution in [0.4, 0.5) is 10.5 Å². The molecule has 2 aromatic carbocycles. The molecule has 0 unspecified atom stereocenters. The van der Waals surface area contributed by atoms with E-state index in [9.17, 15) is 4.79 Å². The van der Waals surface area contributed by atoms with Gasteiger partial charge in [-0.15, -0.1) is 0 Å². The topological polar surface area (TPSA) is 59.6 Å². The van der Waals surface area contributed by atoms with Gasteiger partial charge in [0.25, 0.3) is 0 Å². The largest absolute Gasteiger partial charge is 0.497 e. The normalized spacial score (nSPS) is 10.0. The van der Waals surface area contributed by atoms with Gasteiger partial charge in [-0.2, -0.15) is 0 Å². The summed E-state index contributed by atoms with van der Waals surface area (Å²) in [5, 5.41) is 5.66. The summed E-state index contributed by atoms with van der Waals surface area (Å²) in [5.41, 5.74) is 2.86. The molecular weight excluding hydrogens is 292 g/mol. The van der Waals surface area contributed by atoms with Gasteiger partial charge >= 0.3 is 6.03 Å². The van der Waals surface area contributed by atoms with Gasteiger partial charge in [-0.3, -0.25) is 0 Å². The smallest absolute Gasteiger partial charge is 0.319 e. The lowest BCUT2D eigenvalue weighted by Gasteiger charge is -2.10. The third-order valence-corrected chi connectivity index (χ3v) is 3.51. The van der Waals surface area contributed by atoms with E-state index >= 15 is 0 Å². The second-order valence-electron chi connectivity index (χ2n) is 5.16. The first-order chi connectivity index (χ1) is 11.1. The predicted octanol–water partition coefficient (Wildman–Crippen LogP) is 3.38. The Hall–Kier alpha value is -2.69. The van der Waals surface area contributed by atoms with Crippen molar-refractivity contribution in [1.82, 2.24) is 5.32 Å². The fourth-order valence-electron chi connectivity index (χ4n) is 2.24. The molecule has 0 aromatic heterocycles. The van der Waals surface area contributed by atoms with Crippen LogP contribution in [0.1, 0.15) is 11.1 Å². The van der Waals surface area contributed by atoms with E-state index in [1.165, 1.54) is 0 Å². The Kier molecular flexibility index (Phi) is 5.86. The molecule has 0 saturated carbocycles. The van der Waals surface area contributed by atoms with Gasteiger partial charge in [-0.05, 0) is 54.8 Å². The van der Waals surface area contributed by atoms with Crippen LogP contribution in [-0.2, 0) is 6.42 Å². The average Bonchev–Trinajstić information content (AvgIpc) is 2.55. The summed E-state index contributed by atoms with van der Waals surface area (Å²) < 4.78 is 10.3. The molecule has 5 heteroatoms. The van der Waals surface area contributed by atoms with Crippen LogP contribution in [0, 0.1) is 6.92 Å². The molecule has 23 heavy (non-hydrogen) atoms. The molecule has 122 valence electrons. The number of amides is 2. The molecule has 0 fully saturated rings. The minimum Gasteiger partial charge on any atom is -0.497 e. The number of hydrogen-bond acceptors (Lipinski definition) is 3. The first kappa shape index (κ1) is 16.7. The number of ether oxygens (including phenoxy) is 2. The minimum absolute atomic E-state index is 0.219. The summed E-state index contributed by atoms with van der Waals surface area (Å²) in [6.45, 7) is 2.50. The second-order valence-corrected chi connectivity index (χ2v) is 5.16. The summed E-state index contributed by atoms with van der Waals surface area (Å²) in [4.78, 5) is 11.9. The van der Waals surface area contributed by atoms with Crippen molar-refractivity contribution in [2.24, 2.45) is 0 Å². The number of methoxy groups -OCH3 is 2. The lowest BCUT2D eigenvalue weighted by molar-refractivity contribution is 0.252. The van der Waals surface area contributed by atoms with Crippen LogP contribution in [0.5, 0.6) is 11.5 Å². The van der Waals surface area contributed by atoms with Crippen molar-refractivity contribution in [3.63, 3.8) is 0 Å². The molecule has 0 heterocycles.